The first-order valence-electron chi connectivity index (χ1n) is 3.30. The van der Waals surface area contributed by atoms with E-state index in [4.69, 9.17) is 0 Å². The van der Waals surface area contributed by atoms with Crippen molar-refractivity contribution in [3.8, 4) is 0 Å². The molecule has 1 nitrogen and oxygen atoms in total. The molecule has 0 atom stereocenters. The molecule has 0 spiro atoms. The van der Waals surface area contributed by atoms with E-state index in [-0.39, 0.29) is 0 Å². The Hall–Kier alpha value is -1.06. The maximum Gasteiger partial charge on any atom is 0.473 e. The average molecular weight is 294 g/mol. The van der Waals surface area contributed by atoms with E-state index in [1.165, 1.54) is 0 Å². The molecule has 0 aliphatic heterocycles. The Balaban J connectivity index is 5.33. The Bertz CT molecular complexity index is 352. The van der Waals surface area contributed by atoms with Gasteiger partial charge in [0.05, 0.1) is 0 Å². The first kappa shape index (κ1) is 15.9. The number of ether oxygens (including phenoxy) is 1. The molecule has 0 aromatic carbocycles. The highest BCUT2D eigenvalue weighted by molar-refractivity contribution is 6.28. The Morgan fingerprint density at radius 3 is 1.59 bits per heavy atom. The summed E-state index contributed by atoms with van der Waals surface area (Å²) in [5.74, 6) is -10.0. The lowest BCUT2D eigenvalue weighted by molar-refractivity contribution is -0.331. The fourth-order valence-electron chi connectivity index (χ4n) is 0.462. The predicted molar refractivity (Wildman–Crippen MR) is 36.4 cm³/mol. The molecule has 0 aromatic heterocycles. The lowest BCUT2D eigenvalue weighted by Crippen LogP contribution is -2.43. The minimum absolute atomic E-state index is 2.35. The first-order chi connectivity index (χ1) is 7.43. The van der Waals surface area contributed by atoms with Gasteiger partial charge in [0, 0.05) is 0 Å². The molecule has 0 radical (unpaired) electrons. The second-order valence-corrected chi connectivity index (χ2v) is 2.63. The highest BCUT2D eigenvalue weighted by Gasteiger charge is 2.65. The van der Waals surface area contributed by atoms with Gasteiger partial charge in [0.25, 0.3) is 5.29 Å². The van der Waals surface area contributed by atoms with Crippen LogP contribution in [-0.2, 0) is 4.74 Å². The monoisotopic (exact) mass is 294 g/mol. The van der Waals surface area contributed by atoms with Gasteiger partial charge in [-0.05, 0) is 11.6 Å². The Kier molecular flexibility index (Phi) is 4.75. The molecule has 11 heteroatoms. The van der Waals surface area contributed by atoms with Crippen molar-refractivity contribution in [3.63, 3.8) is 0 Å². The highest BCUT2D eigenvalue weighted by atomic mass is 35.5. The molecule has 0 bridgehead atoms. The van der Waals surface area contributed by atoms with Crippen LogP contribution < -0.4 is 0 Å². The number of hydrogen-bond donors (Lipinski definition) is 0. The minimum atomic E-state index is -6.20. The van der Waals surface area contributed by atoms with Gasteiger partial charge in [-0.2, -0.15) is 39.5 Å². The van der Waals surface area contributed by atoms with Crippen LogP contribution in [0.25, 0.3) is 0 Å². The van der Waals surface area contributed by atoms with E-state index in [1.54, 1.807) is 0 Å². The molecule has 100 valence electrons. The van der Waals surface area contributed by atoms with E-state index in [1.807, 2.05) is 0 Å². The van der Waals surface area contributed by atoms with Crippen LogP contribution in [0.4, 0.5) is 39.5 Å². The Morgan fingerprint density at radius 1 is 0.882 bits per heavy atom. The quantitative estimate of drug-likeness (QED) is 0.543. The number of halogens is 10. The third kappa shape index (κ3) is 3.45. The van der Waals surface area contributed by atoms with Crippen LogP contribution in [0.3, 0.4) is 0 Å². The standard InChI is InChI=1S/C6ClF9O/c7-2(9)4(12)17-6(15,16)5(13,14)1(8)3(10)11/b4-2-. The van der Waals surface area contributed by atoms with Crippen LogP contribution in [0.15, 0.2) is 23.2 Å². The van der Waals surface area contributed by atoms with Crippen molar-refractivity contribution in [2.45, 2.75) is 12.0 Å². The highest BCUT2D eigenvalue weighted by Crippen LogP contribution is 2.44. The zero-order chi connectivity index (χ0) is 14.0. The molecule has 0 N–H and O–H groups in total. The first-order valence-corrected chi connectivity index (χ1v) is 3.68. The van der Waals surface area contributed by atoms with E-state index in [0.29, 0.717) is 0 Å². The van der Waals surface area contributed by atoms with Crippen molar-refractivity contribution >= 4 is 11.6 Å². The van der Waals surface area contributed by atoms with Crippen molar-refractivity contribution < 1.29 is 44.3 Å². The fraction of sp³-hybridized carbons (Fsp3) is 0.333. The van der Waals surface area contributed by atoms with Gasteiger partial charge in [-0.3, -0.25) is 0 Å². The fourth-order valence-corrected chi connectivity index (χ4v) is 0.500. The molecule has 0 aliphatic rings. The summed E-state index contributed by atoms with van der Waals surface area (Å²) in [6, 6.07) is -3.01. The number of hydrogen-bond acceptors (Lipinski definition) is 1. The molecule has 17 heavy (non-hydrogen) atoms. The largest absolute Gasteiger partial charge is 0.473 e. The average Bonchev–Trinajstić information content (AvgIpc) is 2.14. The van der Waals surface area contributed by atoms with Crippen LogP contribution in [0, 0.1) is 0 Å². The second kappa shape index (κ2) is 5.07. The van der Waals surface area contributed by atoms with Gasteiger partial charge in [0.15, 0.2) is 0 Å². The smallest absolute Gasteiger partial charge is 0.398 e. The zero-order valence-electron chi connectivity index (χ0n) is 7.19. The normalized spacial score (nSPS) is 14.2. The van der Waals surface area contributed by atoms with Crippen molar-refractivity contribution in [2.24, 2.45) is 0 Å². The number of alkyl halides is 4. The van der Waals surface area contributed by atoms with Crippen molar-refractivity contribution in [1.82, 2.24) is 0 Å². The summed E-state index contributed by atoms with van der Waals surface area (Å²) in [4.78, 5) is 0. The summed E-state index contributed by atoms with van der Waals surface area (Å²) in [5.41, 5.74) is 0. The van der Waals surface area contributed by atoms with Crippen molar-refractivity contribution in [1.29, 1.82) is 0 Å². The summed E-state index contributed by atoms with van der Waals surface area (Å²) in [6.07, 6.45) is -9.87. The Labute approximate surface area is 92.1 Å². The molecule has 0 aromatic rings. The van der Waals surface area contributed by atoms with Gasteiger partial charge < -0.3 is 4.74 Å². The lowest BCUT2D eigenvalue weighted by atomic mass is 10.3. The van der Waals surface area contributed by atoms with Crippen LogP contribution in [0.5, 0.6) is 0 Å². The molecular weight excluding hydrogens is 294 g/mol. The third-order valence-electron chi connectivity index (χ3n) is 1.17. The second-order valence-electron chi connectivity index (χ2n) is 2.30. The minimum Gasteiger partial charge on any atom is -0.398 e. The van der Waals surface area contributed by atoms with Gasteiger partial charge in [-0.25, -0.2) is 0 Å². The van der Waals surface area contributed by atoms with E-state index in [2.05, 4.69) is 16.3 Å². The van der Waals surface area contributed by atoms with Crippen LogP contribution >= 0.6 is 11.6 Å². The summed E-state index contributed by atoms with van der Waals surface area (Å²) in [7, 11) is 0. The van der Waals surface area contributed by atoms with Crippen LogP contribution in [0.2, 0.25) is 0 Å². The summed E-state index contributed by atoms with van der Waals surface area (Å²) < 4.78 is 110. The molecule has 0 aliphatic carbocycles. The third-order valence-corrected chi connectivity index (χ3v) is 1.32. The SMILES string of the molecule is FC(F)=C(F)C(F)(F)C(F)(F)O/C(F)=C(\F)Cl. The van der Waals surface area contributed by atoms with Crippen LogP contribution in [0.1, 0.15) is 0 Å². The molecule has 0 unspecified atom stereocenters. The van der Waals surface area contributed by atoms with Crippen LogP contribution in [-0.4, -0.2) is 12.0 Å². The Morgan fingerprint density at radius 2 is 1.29 bits per heavy atom. The van der Waals surface area contributed by atoms with Gasteiger partial charge in [0.1, 0.15) is 0 Å². The molecular formula is C6ClF9O. The molecule has 0 fully saturated rings. The molecule has 0 saturated heterocycles. The zero-order valence-corrected chi connectivity index (χ0v) is 7.94. The maximum atomic E-state index is 12.3. The van der Waals surface area contributed by atoms with E-state index >= 15 is 0 Å². The summed E-state index contributed by atoms with van der Waals surface area (Å²) in [6.45, 7) is 0. The molecule has 0 amide bonds. The summed E-state index contributed by atoms with van der Waals surface area (Å²) >= 11 is 4.11. The van der Waals surface area contributed by atoms with E-state index in [9.17, 15) is 39.5 Å². The van der Waals surface area contributed by atoms with Gasteiger partial charge in [-0.1, -0.05) is 0 Å². The molecule has 0 rings (SSSR count). The van der Waals surface area contributed by atoms with Gasteiger partial charge >= 0.3 is 24.1 Å². The number of rotatable bonds is 4. The molecule has 0 saturated carbocycles. The van der Waals surface area contributed by atoms with Crippen molar-refractivity contribution in [2.75, 3.05) is 0 Å². The van der Waals surface area contributed by atoms with Gasteiger partial charge in [-0.15, -0.1) is 0 Å². The van der Waals surface area contributed by atoms with Gasteiger partial charge in [0.2, 0.25) is 5.83 Å². The maximum absolute atomic E-state index is 12.3. The van der Waals surface area contributed by atoms with Crippen molar-refractivity contribution in [3.05, 3.63) is 23.2 Å². The predicted octanol–water partition coefficient (Wildman–Crippen LogP) is 4.61. The lowest BCUT2D eigenvalue weighted by Gasteiger charge is -2.23. The van der Waals surface area contributed by atoms with E-state index < -0.39 is 35.2 Å². The van der Waals surface area contributed by atoms with E-state index in [0.717, 1.165) is 0 Å². The molecule has 0 heterocycles. The topological polar surface area (TPSA) is 9.23 Å². The summed E-state index contributed by atoms with van der Waals surface area (Å²) in [5, 5.41) is -2.58.